The fourth-order valence-electron chi connectivity index (χ4n) is 3.95. The highest BCUT2D eigenvalue weighted by atomic mass is 32.2. The number of piperidine rings is 1. The molecule has 0 bridgehead atoms. The summed E-state index contributed by atoms with van der Waals surface area (Å²) < 4.78 is 27.7. The zero-order valence-electron chi connectivity index (χ0n) is 18.4. The number of urea groups is 1. The number of carbonyl (C=O) groups excluding carboxylic acids is 1. The second kappa shape index (κ2) is 10.8. The molecular formula is C24H33N3O3S. The summed E-state index contributed by atoms with van der Waals surface area (Å²) in [5.74, 6) is 0.414. The van der Waals surface area contributed by atoms with Crippen LogP contribution < -0.4 is 10.0 Å². The lowest BCUT2D eigenvalue weighted by atomic mass is 9.94. The van der Waals surface area contributed by atoms with Gasteiger partial charge in [-0.2, -0.15) is 0 Å². The van der Waals surface area contributed by atoms with Crippen LogP contribution in [0.15, 0.2) is 53.4 Å². The van der Waals surface area contributed by atoms with Crippen LogP contribution in [0.2, 0.25) is 0 Å². The summed E-state index contributed by atoms with van der Waals surface area (Å²) >= 11 is 0. The molecule has 0 radical (unpaired) electrons. The molecule has 1 aliphatic heterocycles. The van der Waals surface area contributed by atoms with Gasteiger partial charge in [0, 0.05) is 25.3 Å². The Labute approximate surface area is 186 Å². The largest absolute Gasteiger partial charge is 0.325 e. The van der Waals surface area contributed by atoms with E-state index in [0.29, 0.717) is 30.4 Å². The molecule has 31 heavy (non-hydrogen) atoms. The number of sulfonamides is 1. The molecule has 1 fully saturated rings. The van der Waals surface area contributed by atoms with Gasteiger partial charge in [-0.05, 0) is 73.9 Å². The predicted octanol–water partition coefficient (Wildman–Crippen LogP) is 4.56. The van der Waals surface area contributed by atoms with Crippen molar-refractivity contribution >= 4 is 21.7 Å². The third-order valence-corrected chi connectivity index (χ3v) is 7.27. The molecule has 0 saturated carbocycles. The van der Waals surface area contributed by atoms with Crippen molar-refractivity contribution in [1.29, 1.82) is 0 Å². The number of hydrogen-bond donors (Lipinski definition) is 2. The predicted molar refractivity (Wildman–Crippen MR) is 125 cm³/mol. The van der Waals surface area contributed by atoms with E-state index in [0.717, 1.165) is 48.9 Å². The summed E-state index contributed by atoms with van der Waals surface area (Å²) in [6, 6.07) is 14.8. The molecule has 1 heterocycles. The van der Waals surface area contributed by atoms with Gasteiger partial charge in [0.1, 0.15) is 0 Å². The van der Waals surface area contributed by atoms with E-state index in [1.165, 1.54) is 0 Å². The van der Waals surface area contributed by atoms with Gasteiger partial charge >= 0.3 is 6.03 Å². The monoisotopic (exact) mass is 443 g/mol. The van der Waals surface area contributed by atoms with Crippen molar-refractivity contribution in [2.24, 2.45) is 5.92 Å². The molecular weight excluding hydrogens is 410 g/mol. The number of anilines is 1. The minimum absolute atomic E-state index is 0.0729. The van der Waals surface area contributed by atoms with Gasteiger partial charge in [-0.25, -0.2) is 17.9 Å². The van der Waals surface area contributed by atoms with Crippen LogP contribution in [0.25, 0.3) is 0 Å². The lowest BCUT2D eigenvalue weighted by Crippen LogP contribution is -2.41. The Hall–Kier alpha value is -2.38. The van der Waals surface area contributed by atoms with Crippen LogP contribution in [0.5, 0.6) is 0 Å². The highest BCUT2D eigenvalue weighted by Gasteiger charge is 2.23. The quantitative estimate of drug-likeness (QED) is 0.628. The van der Waals surface area contributed by atoms with Gasteiger partial charge in [0.25, 0.3) is 0 Å². The van der Waals surface area contributed by atoms with Crippen LogP contribution in [0.1, 0.15) is 43.7 Å². The van der Waals surface area contributed by atoms with Crippen LogP contribution in [-0.4, -0.2) is 39.0 Å². The summed E-state index contributed by atoms with van der Waals surface area (Å²) in [7, 11) is -3.48. The van der Waals surface area contributed by atoms with Gasteiger partial charge in [0.15, 0.2) is 0 Å². The lowest BCUT2D eigenvalue weighted by molar-refractivity contribution is 0.180. The SMILES string of the molecule is CCCc1ccc(S(=O)(=O)NCCC2CCN(C(=O)Nc3cccc(C)c3)CC2)cc1. The fourth-order valence-corrected chi connectivity index (χ4v) is 5.00. The first-order valence-electron chi connectivity index (χ1n) is 11.1. The van der Waals surface area contributed by atoms with Crippen LogP contribution >= 0.6 is 0 Å². The molecule has 0 spiro atoms. The first-order chi connectivity index (χ1) is 14.9. The van der Waals surface area contributed by atoms with Gasteiger partial charge in [0.2, 0.25) is 10.0 Å². The molecule has 2 N–H and O–H groups in total. The van der Waals surface area contributed by atoms with E-state index in [1.807, 2.05) is 48.2 Å². The molecule has 1 aliphatic rings. The number of hydrogen-bond acceptors (Lipinski definition) is 3. The summed E-state index contributed by atoms with van der Waals surface area (Å²) in [5.41, 5.74) is 3.07. The topological polar surface area (TPSA) is 78.5 Å². The second-order valence-electron chi connectivity index (χ2n) is 8.31. The van der Waals surface area contributed by atoms with Gasteiger partial charge < -0.3 is 10.2 Å². The Morgan fingerprint density at radius 3 is 2.45 bits per heavy atom. The molecule has 3 rings (SSSR count). The maximum Gasteiger partial charge on any atom is 0.321 e. The maximum atomic E-state index is 12.5. The number of rotatable bonds is 8. The molecule has 2 aromatic rings. The minimum atomic E-state index is -3.48. The smallest absolute Gasteiger partial charge is 0.321 e. The first-order valence-corrected chi connectivity index (χ1v) is 12.6. The van der Waals surface area contributed by atoms with Crippen molar-refractivity contribution in [3.63, 3.8) is 0 Å². The van der Waals surface area contributed by atoms with Gasteiger partial charge in [-0.15, -0.1) is 0 Å². The molecule has 2 amide bonds. The Morgan fingerprint density at radius 2 is 1.81 bits per heavy atom. The average Bonchev–Trinajstić information content (AvgIpc) is 2.75. The van der Waals surface area contributed by atoms with E-state index >= 15 is 0 Å². The Bertz CT molecular complexity index is 966. The van der Waals surface area contributed by atoms with E-state index in [2.05, 4.69) is 17.0 Å². The lowest BCUT2D eigenvalue weighted by Gasteiger charge is -2.32. The molecule has 0 aromatic heterocycles. The normalized spacial score (nSPS) is 15.1. The standard InChI is InChI=1S/C24H33N3O3S/c1-3-5-20-8-10-23(11-9-20)31(29,30)25-15-12-21-13-16-27(17-14-21)24(28)26-22-7-4-6-19(2)18-22/h4,6-11,18,21,25H,3,5,12-17H2,1-2H3,(H,26,28). The average molecular weight is 444 g/mol. The molecule has 6 nitrogen and oxygen atoms in total. The molecule has 168 valence electrons. The van der Waals surface area contributed by atoms with E-state index in [1.54, 1.807) is 12.1 Å². The summed E-state index contributed by atoms with van der Waals surface area (Å²) in [5, 5.41) is 2.96. The molecule has 0 atom stereocenters. The van der Waals surface area contributed by atoms with Gasteiger partial charge in [0.05, 0.1) is 4.90 Å². The van der Waals surface area contributed by atoms with E-state index < -0.39 is 10.0 Å². The third kappa shape index (κ3) is 6.80. The van der Waals surface area contributed by atoms with Crippen molar-refractivity contribution < 1.29 is 13.2 Å². The Kier molecular flexibility index (Phi) is 8.09. The zero-order valence-corrected chi connectivity index (χ0v) is 19.2. The number of amides is 2. The number of nitrogens with one attached hydrogen (secondary N) is 2. The van der Waals surface area contributed by atoms with Gasteiger partial charge in [-0.3, -0.25) is 0 Å². The van der Waals surface area contributed by atoms with Crippen LogP contribution in [0.4, 0.5) is 10.5 Å². The van der Waals surface area contributed by atoms with Gasteiger partial charge in [-0.1, -0.05) is 37.6 Å². The number of aryl methyl sites for hydroxylation is 2. The van der Waals surface area contributed by atoms with Crippen LogP contribution in [0.3, 0.4) is 0 Å². The fraction of sp³-hybridized carbons (Fsp3) is 0.458. The highest BCUT2D eigenvalue weighted by molar-refractivity contribution is 7.89. The molecule has 0 aliphatic carbocycles. The second-order valence-corrected chi connectivity index (χ2v) is 10.1. The number of nitrogens with zero attached hydrogens (tertiary/aromatic N) is 1. The highest BCUT2D eigenvalue weighted by Crippen LogP contribution is 2.21. The van der Waals surface area contributed by atoms with Crippen LogP contribution in [0, 0.1) is 12.8 Å². The minimum Gasteiger partial charge on any atom is -0.325 e. The molecule has 0 unspecified atom stereocenters. The van der Waals surface area contributed by atoms with Crippen molar-refractivity contribution in [2.75, 3.05) is 25.0 Å². The number of benzene rings is 2. The van der Waals surface area contributed by atoms with Crippen molar-refractivity contribution in [3.05, 3.63) is 59.7 Å². The number of likely N-dealkylation sites (tertiary alicyclic amines) is 1. The van der Waals surface area contributed by atoms with Crippen molar-refractivity contribution in [2.45, 2.75) is 50.8 Å². The van der Waals surface area contributed by atoms with Crippen LogP contribution in [-0.2, 0) is 16.4 Å². The molecule has 1 saturated heterocycles. The number of carbonyl (C=O) groups is 1. The third-order valence-electron chi connectivity index (χ3n) is 5.79. The maximum absolute atomic E-state index is 12.5. The van der Waals surface area contributed by atoms with Crippen molar-refractivity contribution in [3.8, 4) is 0 Å². The van der Waals surface area contributed by atoms with E-state index in [9.17, 15) is 13.2 Å². The van der Waals surface area contributed by atoms with E-state index in [-0.39, 0.29) is 6.03 Å². The van der Waals surface area contributed by atoms with E-state index in [4.69, 9.17) is 0 Å². The van der Waals surface area contributed by atoms with Crippen molar-refractivity contribution in [1.82, 2.24) is 9.62 Å². The summed E-state index contributed by atoms with van der Waals surface area (Å²) in [4.78, 5) is 14.6. The Morgan fingerprint density at radius 1 is 1.10 bits per heavy atom. The molecule has 2 aromatic carbocycles. The zero-order chi connectivity index (χ0) is 22.3. The first kappa shape index (κ1) is 23.3. The summed E-state index contributed by atoms with van der Waals surface area (Å²) in [6.07, 6.45) is 4.54. The molecule has 7 heteroatoms. The summed E-state index contributed by atoms with van der Waals surface area (Å²) in [6.45, 7) is 5.89. The Balaban J connectivity index is 1.41.